The number of rotatable bonds is 6. The van der Waals surface area contributed by atoms with E-state index < -0.39 is 60.4 Å². The molecule has 3 heterocycles. The minimum Gasteiger partial charge on any atom is -0.391 e. The number of nitrogens with zero attached hydrogens (tertiary/aromatic N) is 2. The highest BCUT2D eigenvalue weighted by Gasteiger charge is 2.42. The van der Waals surface area contributed by atoms with E-state index in [-0.39, 0.29) is 44.9 Å². The van der Waals surface area contributed by atoms with Crippen molar-refractivity contribution in [2.45, 2.75) is 56.5 Å². The largest absolute Gasteiger partial charge is 0.391 e. The average Bonchev–Trinajstić information content (AvgIpc) is 3.65. The van der Waals surface area contributed by atoms with Gasteiger partial charge in [-0.2, -0.15) is 0 Å². The Morgan fingerprint density at radius 2 is 1.70 bits per heavy atom. The number of aliphatic hydroxyl groups is 1. The lowest BCUT2D eigenvalue weighted by Gasteiger charge is -2.30. The zero-order chi connectivity index (χ0) is 32.8. The van der Waals surface area contributed by atoms with E-state index >= 15 is 0 Å². The minimum absolute atomic E-state index is 0.00323. The van der Waals surface area contributed by atoms with Crippen molar-refractivity contribution in [1.82, 2.24) is 30.7 Å². The van der Waals surface area contributed by atoms with Crippen LogP contribution in [0.3, 0.4) is 0 Å². The molecule has 0 unspecified atom stereocenters. The Morgan fingerprint density at radius 3 is 2.46 bits per heavy atom. The summed E-state index contributed by atoms with van der Waals surface area (Å²) in [4.78, 5) is 73.9. The first-order chi connectivity index (χ1) is 22.1. The second kappa shape index (κ2) is 14.6. The van der Waals surface area contributed by atoms with Gasteiger partial charge in [0.05, 0.1) is 31.7 Å². The highest BCUT2D eigenvalue weighted by atomic mass is 16.5. The molecule has 0 saturated carbocycles. The van der Waals surface area contributed by atoms with Crippen LogP contribution in [0.25, 0.3) is 10.9 Å². The van der Waals surface area contributed by atoms with Gasteiger partial charge in [0.25, 0.3) is 0 Å². The Balaban J connectivity index is 1.52. The van der Waals surface area contributed by atoms with E-state index in [1.54, 1.807) is 30.5 Å². The molecule has 5 rings (SSSR count). The van der Waals surface area contributed by atoms with Crippen LogP contribution in [-0.2, 0) is 35.1 Å². The normalized spacial score (nSPS) is 24.9. The molecule has 2 saturated heterocycles. The second-order valence-electron chi connectivity index (χ2n) is 11.8. The Morgan fingerprint density at radius 1 is 0.957 bits per heavy atom. The molecule has 5 amide bonds. The SMILES string of the molecule is COCCC(=O)N1CC(=O)N[C@H](Cc2c[nH]c3ccccc23)C(=O)N2C[C@H](O)C[C@H]2C(=O)N[C@@H](C)C(=O)N[C@H](c2ccccc2)C1. The molecule has 13 heteroatoms. The van der Waals surface area contributed by atoms with Crippen molar-refractivity contribution in [3.8, 4) is 0 Å². The van der Waals surface area contributed by atoms with Crippen LogP contribution in [0, 0.1) is 0 Å². The maximum absolute atomic E-state index is 14.1. The fourth-order valence-corrected chi connectivity index (χ4v) is 6.05. The topological polar surface area (TPSA) is 173 Å². The summed E-state index contributed by atoms with van der Waals surface area (Å²) in [5.41, 5.74) is 2.32. The quantitative estimate of drug-likeness (QED) is 0.262. The summed E-state index contributed by atoms with van der Waals surface area (Å²) in [6.07, 6.45) is 0.872. The maximum Gasteiger partial charge on any atom is 0.246 e. The fourth-order valence-electron chi connectivity index (χ4n) is 6.05. The van der Waals surface area contributed by atoms with Crippen LogP contribution in [-0.4, -0.2) is 107 Å². The fraction of sp³-hybridized carbons (Fsp3) is 0.424. The van der Waals surface area contributed by atoms with Crippen molar-refractivity contribution >= 4 is 40.4 Å². The van der Waals surface area contributed by atoms with Gasteiger partial charge in [0, 0.05) is 50.1 Å². The molecule has 0 bridgehead atoms. The average molecular weight is 633 g/mol. The van der Waals surface area contributed by atoms with Gasteiger partial charge in [-0.15, -0.1) is 0 Å². The summed E-state index contributed by atoms with van der Waals surface area (Å²) in [6.45, 7) is 1.10. The van der Waals surface area contributed by atoms with Crippen molar-refractivity contribution < 1.29 is 33.8 Å². The standard InChI is InChI=1S/C33H40N6O7/c1-20-31(43)37-27(21-8-4-3-5-9-21)18-38(30(42)12-13-46-2)19-29(41)36-26(14-22-16-34-25-11-7-6-10-24(22)25)33(45)39-17-23(40)15-28(39)32(44)35-20/h3-11,16,20,23,26-28,34,40H,12-15,17-19H2,1-2H3,(H,35,44)(H,36,41)(H,37,43)/t20-,23+,26+,27-,28-/m0/s1. The smallest absolute Gasteiger partial charge is 0.246 e. The van der Waals surface area contributed by atoms with Crippen molar-refractivity contribution in [3.63, 3.8) is 0 Å². The molecule has 2 fully saturated rings. The monoisotopic (exact) mass is 632 g/mol. The first-order valence-electron chi connectivity index (χ1n) is 15.4. The lowest BCUT2D eigenvalue weighted by Crippen LogP contribution is -2.56. The predicted octanol–water partition coefficient (Wildman–Crippen LogP) is 0.398. The molecule has 244 valence electrons. The maximum atomic E-state index is 14.1. The summed E-state index contributed by atoms with van der Waals surface area (Å²) in [5.74, 6) is -2.63. The van der Waals surface area contributed by atoms with Crippen LogP contribution in [0.4, 0.5) is 0 Å². The molecule has 0 spiro atoms. The van der Waals surface area contributed by atoms with Crippen LogP contribution in [0.2, 0.25) is 0 Å². The Hall–Kier alpha value is -4.75. The van der Waals surface area contributed by atoms with Crippen molar-refractivity contribution in [3.05, 3.63) is 71.9 Å². The Labute approximate surface area is 266 Å². The number of para-hydroxylation sites is 1. The summed E-state index contributed by atoms with van der Waals surface area (Å²) >= 11 is 0. The number of fused-ring (bicyclic) bond motifs is 2. The van der Waals surface area contributed by atoms with Gasteiger partial charge < -0.3 is 40.6 Å². The van der Waals surface area contributed by atoms with E-state index in [1.807, 2.05) is 30.3 Å². The second-order valence-corrected chi connectivity index (χ2v) is 11.8. The third kappa shape index (κ3) is 7.54. The van der Waals surface area contributed by atoms with Crippen LogP contribution < -0.4 is 16.0 Å². The van der Waals surface area contributed by atoms with Crippen LogP contribution in [0.15, 0.2) is 60.8 Å². The van der Waals surface area contributed by atoms with Gasteiger partial charge in [0.15, 0.2) is 0 Å². The molecule has 0 aliphatic carbocycles. The minimum atomic E-state index is -1.12. The lowest BCUT2D eigenvalue weighted by molar-refractivity contribution is -0.142. The summed E-state index contributed by atoms with van der Waals surface area (Å²) < 4.78 is 5.11. The Bertz CT molecular complexity index is 1580. The van der Waals surface area contributed by atoms with E-state index in [2.05, 4.69) is 20.9 Å². The van der Waals surface area contributed by atoms with Crippen LogP contribution in [0.5, 0.6) is 0 Å². The predicted molar refractivity (Wildman–Crippen MR) is 168 cm³/mol. The molecule has 46 heavy (non-hydrogen) atoms. The molecule has 13 nitrogen and oxygen atoms in total. The molecule has 2 aromatic carbocycles. The third-order valence-electron chi connectivity index (χ3n) is 8.48. The summed E-state index contributed by atoms with van der Waals surface area (Å²) in [7, 11) is 1.47. The first kappa shape index (κ1) is 32.6. The number of aliphatic hydroxyl groups excluding tert-OH is 1. The van der Waals surface area contributed by atoms with E-state index in [0.717, 1.165) is 16.5 Å². The molecule has 0 radical (unpaired) electrons. The number of hydrogen-bond acceptors (Lipinski definition) is 7. The van der Waals surface area contributed by atoms with Crippen molar-refractivity contribution in [1.29, 1.82) is 0 Å². The van der Waals surface area contributed by atoms with Crippen LogP contribution in [0.1, 0.15) is 36.9 Å². The van der Waals surface area contributed by atoms with Gasteiger partial charge in [-0.1, -0.05) is 48.5 Å². The number of amides is 5. The summed E-state index contributed by atoms with van der Waals surface area (Å²) in [6, 6.07) is 12.7. The Kier molecular flexibility index (Phi) is 10.3. The number of methoxy groups -OCH3 is 1. The van der Waals surface area contributed by atoms with Crippen LogP contribution >= 0.6 is 0 Å². The number of carbonyl (C=O) groups excluding carboxylic acids is 5. The highest BCUT2D eigenvalue weighted by Crippen LogP contribution is 2.24. The van der Waals surface area contributed by atoms with E-state index in [1.165, 1.54) is 23.8 Å². The van der Waals surface area contributed by atoms with E-state index in [0.29, 0.717) is 5.56 Å². The number of benzene rings is 2. The van der Waals surface area contributed by atoms with Gasteiger partial charge in [-0.05, 0) is 24.1 Å². The van der Waals surface area contributed by atoms with Crippen molar-refractivity contribution in [2.75, 3.05) is 33.4 Å². The number of hydrogen-bond donors (Lipinski definition) is 5. The number of nitrogens with one attached hydrogen (secondary N) is 4. The first-order valence-corrected chi connectivity index (χ1v) is 15.4. The molecule has 2 aliphatic rings. The molecular formula is C33H40N6O7. The lowest BCUT2D eigenvalue weighted by atomic mass is 10.0. The molecule has 3 aromatic rings. The van der Waals surface area contributed by atoms with Gasteiger partial charge in [-0.3, -0.25) is 24.0 Å². The third-order valence-corrected chi connectivity index (χ3v) is 8.48. The van der Waals surface area contributed by atoms with Gasteiger partial charge >= 0.3 is 0 Å². The molecule has 1 aromatic heterocycles. The number of aromatic amines is 1. The number of carbonyl (C=O) groups is 5. The van der Waals surface area contributed by atoms with Gasteiger partial charge in [0.1, 0.15) is 18.1 Å². The molecule has 5 N–H and O–H groups in total. The van der Waals surface area contributed by atoms with Gasteiger partial charge in [0.2, 0.25) is 29.5 Å². The van der Waals surface area contributed by atoms with Crippen molar-refractivity contribution in [2.24, 2.45) is 0 Å². The molecule has 2 aliphatic heterocycles. The zero-order valence-corrected chi connectivity index (χ0v) is 25.9. The molecule has 5 atom stereocenters. The molecular weight excluding hydrogens is 592 g/mol. The van der Waals surface area contributed by atoms with E-state index in [4.69, 9.17) is 4.74 Å². The van der Waals surface area contributed by atoms with E-state index in [9.17, 15) is 29.1 Å². The highest BCUT2D eigenvalue weighted by molar-refractivity contribution is 5.96. The number of aromatic nitrogens is 1. The zero-order valence-electron chi connectivity index (χ0n) is 25.9. The number of ether oxygens (including phenoxy) is 1. The number of H-pyrrole nitrogens is 1. The van der Waals surface area contributed by atoms with Gasteiger partial charge in [-0.25, -0.2) is 0 Å². The summed E-state index contributed by atoms with van der Waals surface area (Å²) in [5, 5.41) is 19.8.